The van der Waals surface area contributed by atoms with Gasteiger partial charge in [0.2, 0.25) is 5.91 Å². The van der Waals surface area contributed by atoms with Crippen LogP contribution in [0.2, 0.25) is 0 Å². The fourth-order valence-electron chi connectivity index (χ4n) is 1.69. The Labute approximate surface area is 112 Å². The van der Waals surface area contributed by atoms with Crippen molar-refractivity contribution in [2.75, 3.05) is 21.2 Å². The summed E-state index contributed by atoms with van der Waals surface area (Å²) >= 11 is 0. The highest BCUT2D eigenvalue weighted by atomic mass is 16.5. The number of methoxy groups -OCH3 is 1. The van der Waals surface area contributed by atoms with E-state index < -0.39 is 11.9 Å². The second kappa shape index (κ2) is 6.78. The lowest BCUT2D eigenvalue weighted by molar-refractivity contribution is -0.145. The molecule has 5 nitrogen and oxygen atoms in total. The van der Waals surface area contributed by atoms with E-state index in [4.69, 9.17) is 4.74 Å². The summed E-state index contributed by atoms with van der Waals surface area (Å²) in [5.74, 6) is -1.12. The van der Waals surface area contributed by atoms with Crippen molar-refractivity contribution in [3.8, 4) is 5.75 Å². The Balaban J connectivity index is 2.72. The Morgan fingerprint density at radius 3 is 2.26 bits per heavy atom. The van der Waals surface area contributed by atoms with E-state index in [-0.39, 0.29) is 12.3 Å². The first-order valence-electron chi connectivity index (χ1n) is 6.00. The van der Waals surface area contributed by atoms with Crippen molar-refractivity contribution in [3.63, 3.8) is 0 Å². The van der Waals surface area contributed by atoms with Gasteiger partial charge in [0.25, 0.3) is 0 Å². The summed E-state index contributed by atoms with van der Waals surface area (Å²) in [6.07, 6.45) is 0.341. The first-order valence-corrected chi connectivity index (χ1v) is 6.00. The molecule has 0 spiro atoms. The van der Waals surface area contributed by atoms with Crippen LogP contribution in [-0.2, 0) is 16.0 Å². The molecule has 0 saturated heterocycles. The maximum atomic E-state index is 11.6. The standard InChI is InChI=1S/C14H19NO4/c1-15(2)13(16)9-11(14(17)18)8-10-4-6-12(19-3)7-5-10/h4-7,11H,8-9H2,1-3H3,(H,17,18). The molecule has 0 heterocycles. The van der Waals surface area contributed by atoms with Gasteiger partial charge < -0.3 is 14.7 Å². The van der Waals surface area contributed by atoms with Gasteiger partial charge in [-0.05, 0) is 24.1 Å². The van der Waals surface area contributed by atoms with E-state index in [9.17, 15) is 14.7 Å². The van der Waals surface area contributed by atoms with Crippen molar-refractivity contribution < 1.29 is 19.4 Å². The van der Waals surface area contributed by atoms with Crippen LogP contribution in [0.15, 0.2) is 24.3 Å². The SMILES string of the molecule is COc1ccc(CC(CC(=O)N(C)C)C(=O)O)cc1. The third-order valence-electron chi connectivity index (χ3n) is 2.91. The van der Waals surface area contributed by atoms with E-state index in [0.717, 1.165) is 11.3 Å². The molecule has 1 N–H and O–H groups in total. The largest absolute Gasteiger partial charge is 0.497 e. The number of aliphatic carboxylic acids is 1. The molecule has 0 aliphatic carbocycles. The molecule has 1 atom stereocenters. The molecular formula is C14H19NO4. The summed E-state index contributed by atoms with van der Waals surface area (Å²) in [6.45, 7) is 0. The summed E-state index contributed by atoms with van der Waals surface area (Å²) < 4.78 is 5.04. The number of ether oxygens (including phenoxy) is 1. The Bertz CT molecular complexity index is 439. The van der Waals surface area contributed by atoms with E-state index in [1.54, 1.807) is 33.3 Å². The maximum absolute atomic E-state index is 11.6. The van der Waals surface area contributed by atoms with Gasteiger partial charge in [0.05, 0.1) is 13.0 Å². The van der Waals surface area contributed by atoms with Gasteiger partial charge in [-0.15, -0.1) is 0 Å². The number of carboxylic acid groups (broad SMARTS) is 1. The van der Waals surface area contributed by atoms with Crippen molar-refractivity contribution in [1.82, 2.24) is 4.90 Å². The molecule has 1 aromatic rings. The van der Waals surface area contributed by atoms with Gasteiger partial charge in [0.1, 0.15) is 5.75 Å². The van der Waals surface area contributed by atoms with Crippen LogP contribution < -0.4 is 4.74 Å². The number of rotatable bonds is 6. The van der Waals surface area contributed by atoms with Crippen molar-refractivity contribution in [3.05, 3.63) is 29.8 Å². The van der Waals surface area contributed by atoms with Crippen molar-refractivity contribution in [2.45, 2.75) is 12.8 Å². The Morgan fingerprint density at radius 2 is 1.84 bits per heavy atom. The molecule has 104 valence electrons. The lowest BCUT2D eigenvalue weighted by Crippen LogP contribution is -2.28. The molecule has 0 fully saturated rings. The second-order valence-corrected chi connectivity index (χ2v) is 4.58. The highest BCUT2D eigenvalue weighted by molar-refractivity contribution is 5.82. The lowest BCUT2D eigenvalue weighted by atomic mass is 9.95. The van der Waals surface area contributed by atoms with Crippen LogP contribution in [0, 0.1) is 5.92 Å². The van der Waals surface area contributed by atoms with E-state index in [0.29, 0.717) is 6.42 Å². The van der Waals surface area contributed by atoms with E-state index in [1.807, 2.05) is 12.1 Å². The van der Waals surface area contributed by atoms with Gasteiger partial charge >= 0.3 is 5.97 Å². The van der Waals surface area contributed by atoms with E-state index in [2.05, 4.69) is 0 Å². The summed E-state index contributed by atoms with van der Waals surface area (Å²) in [4.78, 5) is 24.2. The van der Waals surface area contributed by atoms with Gasteiger partial charge in [-0.1, -0.05) is 12.1 Å². The number of carbonyl (C=O) groups excluding carboxylic acids is 1. The van der Waals surface area contributed by atoms with Gasteiger partial charge in [0, 0.05) is 20.5 Å². The Morgan fingerprint density at radius 1 is 1.26 bits per heavy atom. The number of nitrogens with zero attached hydrogens (tertiary/aromatic N) is 1. The van der Waals surface area contributed by atoms with Crippen LogP contribution in [-0.4, -0.2) is 43.1 Å². The zero-order chi connectivity index (χ0) is 14.4. The quantitative estimate of drug-likeness (QED) is 0.844. The zero-order valence-corrected chi connectivity index (χ0v) is 11.4. The normalized spacial score (nSPS) is 11.7. The third-order valence-corrected chi connectivity index (χ3v) is 2.91. The third kappa shape index (κ3) is 4.62. The van der Waals surface area contributed by atoms with E-state index >= 15 is 0 Å². The predicted octanol–water partition coefficient (Wildman–Crippen LogP) is 1.42. The minimum absolute atomic E-state index is 0.00830. The van der Waals surface area contributed by atoms with Gasteiger partial charge in [-0.3, -0.25) is 9.59 Å². The zero-order valence-electron chi connectivity index (χ0n) is 11.4. The molecule has 1 amide bonds. The Hall–Kier alpha value is -2.04. The van der Waals surface area contributed by atoms with Crippen molar-refractivity contribution in [2.24, 2.45) is 5.92 Å². The summed E-state index contributed by atoms with van der Waals surface area (Å²) in [5.41, 5.74) is 0.875. The maximum Gasteiger partial charge on any atom is 0.307 e. The molecule has 19 heavy (non-hydrogen) atoms. The van der Waals surface area contributed by atoms with Gasteiger partial charge in [0.15, 0.2) is 0 Å². The molecule has 0 saturated carbocycles. The number of hydrogen-bond acceptors (Lipinski definition) is 3. The van der Waals surface area contributed by atoms with Crippen LogP contribution in [0.3, 0.4) is 0 Å². The summed E-state index contributed by atoms with van der Waals surface area (Å²) in [7, 11) is 4.81. The van der Waals surface area contributed by atoms with Crippen LogP contribution in [0.4, 0.5) is 0 Å². The average molecular weight is 265 g/mol. The molecule has 0 aliphatic rings. The monoisotopic (exact) mass is 265 g/mol. The van der Waals surface area contributed by atoms with Crippen LogP contribution in [0.25, 0.3) is 0 Å². The smallest absolute Gasteiger partial charge is 0.307 e. The highest BCUT2D eigenvalue weighted by Crippen LogP contribution is 2.17. The van der Waals surface area contributed by atoms with Gasteiger partial charge in [-0.25, -0.2) is 0 Å². The van der Waals surface area contributed by atoms with Crippen molar-refractivity contribution in [1.29, 1.82) is 0 Å². The van der Waals surface area contributed by atoms with Crippen LogP contribution in [0.1, 0.15) is 12.0 Å². The molecular weight excluding hydrogens is 246 g/mol. The number of hydrogen-bond donors (Lipinski definition) is 1. The average Bonchev–Trinajstić information content (AvgIpc) is 2.38. The lowest BCUT2D eigenvalue weighted by Gasteiger charge is -2.15. The van der Waals surface area contributed by atoms with E-state index in [1.165, 1.54) is 4.90 Å². The summed E-state index contributed by atoms with van der Waals surface area (Å²) in [6, 6.07) is 7.19. The topological polar surface area (TPSA) is 66.8 Å². The molecule has 0 aromatic heterocycles. The second-order valence-electron chi connectivity index (χ2n) is 4.58. The number of amides is 1. The summed E-state index contributed by atoms with van der Waals surface area (Å²) in [5, 5.41) is 9.17. The molecule has 0 bridgehead atoms. The highest BCUT2D eigenvalue weighted by Gasteiger charge is 2.22. The molecule has 1 unspecified atom stereocenters. The van der Waals surface area contributed by atoms with Crippen molar-refractivity contribution >= 4 is 11.9 Å². The van der Waals surface area contributed by atoms with Crippen LogP contribution in [0.5, 0.6) is 5.75 Å². The molecule has 1 aromatic carbocycles. The minimum atomic E-state index is -0.953. The molecule has 1 rings (SSSR count). The fourth-order valence-corrected chi connectivity index (χ4v) is 1.69. The Kier molecular flexibility index (Phi) is 5.36. The predicted molar refractivity (Wildman–Crippen MR) is 71.1 cm³/mol. The first-order chi connectivity index (χ1) is 8.93. The molecule has 0 aliphatic heterocycles. The minimum Gasteiger partial charge on any atom is -0.497 e. The number of carboxylic acids is 1. The van der Waals surface area contributed by atoms with Crippen LogP contribution >= 0.6 is 0 Å². The molecule has 5 heteroatoms. The molecule has 0 radical (unpaired) electrons. The number of carbonyl (C=O) groups is 2. The first kappa shape index (κ1) is 15.0. The fraction of sp³-hybridized carbons (Fsp3) is 0.429. The number of benzene rings is 1. The van der Waals surface area contributed by atoms with Gasteiger partial charge in [-0.2, -0.15) is 0 Å².